The molecule has 0 aliphatic rings. The quantitative estimate of drug-likeness (QED) is 0.140. The van der Waals surface area contributed by atoms with Crippen LogP contribution in [-0.2, 0) is 12.0 Å². The molecular formula is C40H31F2N3O. The Balaban J connectivity index is 1.53. The summed E-state index contributed by atoms with van der Waals surface area (Å²) in [7, 11) is 0. The van der Waals surface area contributed by atoms with Crippen molar-refractivity contribution in [2.24, 2.45) is 0 Å². The van der Waals surface area contributed by atoms with Gasteiger partial charge in [0.05, 0.1) is 11.7 Å². The fourth-order valence-electron chi connectivity index (χ4n) is 6.58. The highest BCUT2D eigenvalue weighted by molar-refractivity contribution is 5.86. The Labute approximate surface area is 266 Å². The lowest BCUT2D eigenvalue weighted by Crippen LogP contribution is -2.38. The van der Waals surface area contributed by atoms with Crippen LogP contribution in [-0.4, -0.2) is 14.9 Å². The van der Waals surface area contributed by atoms with Crippen molar-refractivity contribution < 1.29 is 13.9 Å². The van der Waals surface area contributed by atoms with E-state index in [1.54, 1.807) is 12.1 Å². The van der Waals surface area contributed by atoms with Gasteiger partial charge in [-0.15, -0.1) is 0 Å². The zero-order valence-electron chi connectivity index (χ0n) is 25.2. The Morgan fingerprint density at radius 2 is 1.35 bits per heavy atom. The summed E-state index contributed by atoms with van der Waals surface area (Å²) in [5.74, 6) is -1.05. The maximum atomic E-state index is 14.2. The van der Waals surface area contributed by atoms with Crippen molar-refractivity contribution in [1.29, 1.82) is 0 Å². The Hall–Kier alpha value is -5.75. The van der Waals surface area contributed by atoms with Crippen LogP contribution >= 0.6 is 0 Å². The number of fused-ring (bicyclic) bond motifs is 1. The number of aromatic hydroxyl groups is 1. The molecule has 7 rings (SSSR count). The molecule has 0 atom stereocenters. The number of anilines is 1. The van der Waals surface area contributed by atoms with E-state index in [-0.39, 0.29) is 12.2 Å². The predicted octanol–water partition coefficient (Wildman–Crippen LogP) is 9.01. The molecule has 6 heteroatoms. The van der Waals surface area contributed by atoms with Crippen molar-refractivity contribution in [3.8, 4) is 16.9 Å². The lowest BCUT2D eigenvalue weighted by Gasteiger charge is -2.37. The van der Waals surface area contributed by atoms with Gasteiger partial charge in [0.15, 0.2) is 0 Å². The first kappa shape index (κ1) is 29.0. The number of phenolic OH excluding ortho intramolecular Hbond substituents is 1. The zero-order valence-corrected chi connectivity index (χ0v) is 25.2. The van der Waals surface area contributed by atoms with Gasteiger partial charge >= 0.3 is 0 Å². The third-order valence-corrected chi connectivity index (χ3v) is 8.57. The summed E-state index contributed by atoms with van der Waals surface area (Å²) in [6.07, 6.45) is 2.14. The van der Waals surface area contributed by atoms with Crippen LogP contribution in [0.2, 0.25) is 0 Å². The third kappa shape index (κ3) is 5.18. The number of benzene rings is 6. The van der Waals surface area contributed by atoms with Gasteiger partial charge in [-0.2, -0.15) is 5.10 Å². The number of hydrogen-bond acceptors (Lipinski definition) is 3. The second kappa shape index (κ2) is 11.6. The number of nitrogens with two attached hydrogens (primary N) is 1. The van der Waals surface area contributed by atoms with Crippen LogP contribution in [0.5, 0.6) is 5.75 Å². The van der Waals surface area contributed by atoms with Crippen LogP contribution in [0.25, 0.3) is 22.0 Å². The Bertz CT molecular complexity index is 2130. The molecule has 226 valence electrons. The maximum absolute atomic E-state index is 14.2. The molecule has 0 saturated carbocycles. The smallest absolute Gasteiger partial charge is 0.138 e. The van der Waals surface area contributed by atoms with Crippen LogP contribution in [0, 0.1) is 18.6 Å². The number of halogens is 2. The van der Waals surface area contributed by atoms with Crippen LogP contribution in [0.3, 0.4) is 0 Å². The summed E-state index contributed by atoms with van der Waals surface area (Å²) < 4.78 is 30.4. The van der Waals surface area contributed by atoms with E-state index in [1.807, 2.05) is 84.5 Å². The van der Waals surface area contributed by atoms with Crippen molar-refractivity contribution in [1.82, 2.24) is 9.78 Å². The Morgan fingerprint density at radius 3 is 2.02 bits per heavy atom. The van der Waals surface area contributed by atoms with Gasteiger partial charge < -0.3 is 10.8 Å². The second-order valence-electron chi connectivity index (χ2n) is 11.7. The normalized spacial score (nSPS) is 11.6. The summed E-state index contributed by atoms with van der Waals surface area (Å²) in [4.78, 5) is 0. The first-order valence-corrected chi connectivity index (χ1v) is 15.1. The molecule has 0 unspecified atom stereocenters. The number of aromatic nitrogens is 2. The number of nitrogen functional groups attached to an aromatic ring is 1. The lowest BCUT2D eigenvalue weighted by atomic mass is 9.76. The molecule has 1 heterocycles. The topological polar surface area (TPSA) is 64.1 Å². The first-order valence-electron chi connectivity index (χ1n) is 15.1. The van der Waals surface area contributed by atoms with Crippen LogP contribution in [0.1, 0.15) is 33.4 Å². The average Bonchev–Trinajstić information content (AvgIpc) is 3.46. The van der Waals surface area contributed by atoms with E-state index in [1.165, 1.54) is 12.1 Å². The standard InChI is InChI=1S/C40H31F2N3O/c1-26-12-15-37(46)24-38(26)29-13-14-30-25-44-45(39(30)21-29)40(31-8-4-2-5-9-31,32-10-6-3-7-11-32)33-17-27(20-36(43)22-33)16-28-18-34(41)23-35(42)19-28/h2-15,17-25,46H,16,43H2,1H3. The second-order valence-corrected chi connectivity index (χ2v) is 11.7. The first-order chi connectivity index (χ1) is 22.3. The molecule has 0 radical (unpaired) electrons. The van der Waals surface area contributed by atoms with Gasteiger partial charge in [-0.3, -0.25) is 0 Å². The lowest BCUT2D eigenvalue weighted by molar-refractivity contribution is 0.475. The summed E-state index contributed by atoms with van der Waals surface area (Å²) in [6.45, 7) is 2.02. The molecule has 0 aliphatic carbocycles. The zero-order chi connectivity index (χ0) is 31.8. The summed E-state index contributed by atoms with van der Waals surface area (Å²) in [6, 6.07) is 41.3. The monoisotopic (exact) mass is 607 g/mol. The van der Waals surface area contributed by atoms with E-state index in [2.05, 4.69) is 36.4 Å². The van der Waals surface area contributed by atoms with E-state index in [4.69, 9.17) is 10.8 Å². The molecule has 0 aliphatic heterocycles. The molecule has 1 aromatic heterocycles. The number of nitrogens with zero attached hydrogens (tertiary/aromatic N) is 2. The summed E-state index contributed by atoms with van der Waals surface area (Å²) >= 11 is 0. The van der Waals surface area contributed by atoms with Crippen molar-refractivity contribution in [3.63, 3.8) is 0 Å². The Morgan fingerprint density at radius 1 is 0.696 bits per heavy atom. The van der Waals surface area contributed by atoms with Crippen molar-refractivity contribution in [2.45, 2.75) is 18.9 Å². The molecule has 0 fully saturated rings. The minimum atomic E-state index is -0.992. The van der Waals surface area contributed by atoms with Gasteiger partial charge in [0.1, 0.15) is 22.9 Å². The van der Waals surface area contributed by atoms with E-state index >= 15 is 0 Å². The number of rotatable bonds is 7. The molecule has 0 bridgehead atoms. The van der Waals surface area contributed by atoms with E-state index in [0.717, 1.165) is 55.9 Å². The van der Waals surface area contributed by atoms with Crippen molar-refractivity contribution in [3.05, 3.63) is 185 Å². The molecule has 4 nitrogen and oxygen atoms in total. The molecule has 6 aromatic carbocycles. The van der Waals surface area contributed by atoms with Gasteiger partial charge in [-0.05, 0) is 100 Å². The van der Waals surface area contributed by atoms with Crippen LogP contribution in [0.4, 0.5) is 14.5 Å². The van der Waals surface area contributed by atoms with Crippen molar-refractivity contribution in [2.75, 3.05) is 5.73 Å². The SMILES string of the molecule is Cc1ccc(O)cc1-c1ccc2cnn(C(c3ccccc3)(c3ccccc3)c3cc(N)cc(Cc4cc(F)cc(F)c4)c3)c2c1. The van der Waals surface area contributed by atoms with Gasteiger partial charge in [0.2, 0.25) is 0 Å². The molecule has 0 spiro atoms. The minimum absolute atomic E-state index is 0.197. The largest absolute Gasteiger partial charge is 0.508 e. The maximum Gasteiger partial charge on any atom is 0.138 e. The number of hydrogen-bond donors (Lipinski definition) is 2. The van der Waals surface area contributed by atoms with E-state index in [9.17, 15) is 13.9 Å². The van der Waals surface area contributed by atoms with Gasteiger partial charge in [0, 0.05) is 17.1 Å². The summed E-state index contributed by atoms with van der Waals surface area (Å²) in [5, 5.41) is 16.3. The molecular weight excluding hydrogens is 576 g/mol. The highest BCUT2D eigenvalue weighted by atomic mass is 19.1. The predicted molar refractivity (Wildman–Crippen MR) is 180 cm³/mol. The van der Waals surface area contributed by atoms with Gasteiger partial charge in [-0.25, -0.2) is 13.5 Å². The van der Waals surface area contributed by atoms with Gasteiger partial charge in [0.25, 0.3) is 0 Å². The molecule has 3 N–H and O–H groups in total. The highest BCUT2D eigenvalue weighted by Crippen LogP contribution is 2.44. The van der Waals surface area contributed by atoms with E-state index < -0.39 is 17.2 Å². The average molecular weight is 608 g/mol. The molecule has 0 saturated heterocycles. The summed E-state index contributed by atoms with van der Waals surface area (Å²) in [5.41, 5.74) is 14.0. The molecule has 46 heavy (non-hydrogen) atoms. The fraction of sp³-hybridized carbons (Fsp3) is 0.0750. The minimum Gasteiger partial charge on any atom is -0.508 e. The van der Waals surface area contributed by atoms with Crippen LogP contribution in [0.15, 0.2) is 140 Å². The molecule has 0 amide bonds. The highest BCUT2D eigenvalue weighted by Gasteiger charge is 2.40. The Kier molecular flexibility index (Phi) is 7.33. The van der Waals surface area contributed by atoms with E-state index in [0.29, 0.717) is 11.3 Å². The fourth-order valence-corrected chi connectivity index (χ4v) is 6.58. The molecule has 7 aromatic rings. The number of phenols is 1. The van der Waals surface area contributed by atoms with Gasteiger partial charge in [-0.1, -0.05) is 84.9 Å². The van der Waals surface area contributed by atoms with Crippen molar-refractivity contribution >= 4 is 16.6 Å². The van der Waals surface area contributed by atoms with Crippen LogP contribution < -0.4 is 5.73 Å². The third-order valence-electron chi connectivity index (χ3n) is 8.57. The number of aryl methyl sites for hydroxylation is 1.